The minimum absolute atomic E-state index is 0.703. The minimum atomic E-state index is 0.703. The third-order valence-electron chi connectivity index (χ3n) is 1.96. The number of benzene rings is 1. The van der Waals surface area contributed by atoms with Gasteiger partial charge in [0.05, 0.1) is 6.61 Å². The van der Waals surface area contributed by atoms with Crippen molar-refractivity contribution >= 4 is 31.9 Å². The predicted octanol–water partition coefficient (Wildman–Crippen LogP) is 4.27. The second kappa shape index (κ2) is 6.59. The molecule has 0 saturated heterocycles. The second-order valence-corrected chi connectivity index (χ2v) is 4.48. The van der Waals surface area contributed by atoms with E-state index in [2.05, 4.69) is 50.9 Å². The molecule has 0 unspecified atom stereocenters. The zero-order valence-corrected chi connectivity index (χ0v) is 11.4. The summed E-state index contributed by atoms with van der Waals surface area (Å²) in [7, 11) is 0. The average molecular weight is 322 g/mol. The van der Waals surface area contributed by atoms with Gasteiger partial charge in [0.2, 0.25) is 0 Å². The van der Waals surface area contributed by atoms with Crippen molar-refractivity contribution in [2.45, 2.75) is 25.3 Å². The van der Waals surface area contributed by atoms with E-state index in [1.807, 2.05) is 6.07 Å². The number of hydrogen-bond donors (Lipinski definition) is 0. The van der Waals surface area contributed by atoms with Crippen LogP contribution in [0.5, 0.6) is 0 Å². The van der Waals surface area contributed by atoms with Gasteiger partial charge in [-0.15, -0.1) is 0 Å². The lowest BCUT2D eigenvalue weighted by atomic mass is 10.1. The number of hydrogen-bond acceptors (Lipinski definition) is 1. The zero-order valence-electron chi connectivity index (χ0n) is 8.22. The number of rotatable bonds is 5. The Kier molecular flexibility index (Phi) is 5.75. The van der Waals surface area contributed by atoms with E-state index in [1.165, 1.54) is 11.1 Å². The van der Waals surface area contributed by atoms with Gasteiger partial charge in [-0.05, 0) is 23.6 Å². The predicted molar refractivity (Wildman–Crippen MR) is 66.7 cm³/mol. The summed E-state index contributed by atoms with van der Waals surface area (Å²) in [6.45, 7) is 3.65. The molecule has 0 bridgehead atoms. The minimum Gasteiger partial charge on any atom is -0.377 e. The van der Waals surface area contributed by atoms with E-state index in [9.17, 15) is 0 Å². The second-order valence-electron chi connectivity index (χ2n) is 3.06. The molecule has 1 aromatic carbocycles. The van der Waals surface area contributed by atoms with Crippen LogP contribution in [0.3, 0.4) is 0 Å². The molecule has 0 aliphatic rings. The van der Waals surface area contributed by atoms with Crippen molar-refractivity contribution in [1.82, 2.24) is 0 Å². The van der Waals surface area contributed by atoms with Crippen molar-refractivity contribution in [2.24, 2.45) is 0 Å². The molecule has 0 radical (unpaired) electrons. The van der Waals surface area contributed by atoms with E-state index < -0.39 is 0 Å². The Hall–Kier alpha value is 0.140. The van der Waals surface area contributed by atoms with Crippen LogP contribution in [0.2, 0.25) is 0 Å². The molecule has 1 nitrogen and oxygen atoms in total. The monoisotopic (exact) mass is 320 g/mol. The highest BCUT2D eigenvalue weighted by atomic mass is 79.9. The summed E-state index contributed by atoms with van der Waals surface area (Å²) >= 11 is 7.01. The fraction of sp³-hybridized carbons (Fsp3) is 0.455. The highest BCUT2D eigenvalue weighted by molar-refractivity contribution is 9.10. The molecule has 0 amide bonds. The molecular weight excluding hydrogens is 308 g/mol. The molecule has 14 heavy (non-hydrogen) atoms. The van der Waals surface area contributed by atoms with Crippen LogP contribution in [-0.2, 0) is 16.7 Å². The lowest BCUT2D eigenvalue weighted by Gasteiger charge is -2.09. The summed E-state index contributed by atoms with van der Waals surface area (Å²) in [6, 6.07) is 6.21. The first-order valence-corrected chi connectivity index (χ1v) is 6.61. The van der Waals surface area contributed by atoms with Crippen LogP contribution in [-0.4, -0.2) is 6.61 Å². The quantitative estimate of drug-likeness (QED) is 0.581. The maximum absolute atomic E-state index is 5.52. The fourth-order valence-electron chi connectivity index (χ4n) is 1.21. The van der Waals surface area contributed by atoms with Crippen LogP contribution in [0.1, 0.15) is 24.5 Å². The van der Waals surface area contributed by atoms with E-state index in [1.54, 1.807) is 0 Å². The molecule has 0 atom stereocenters. The van der Waals surface area contributed by atoms with Crippen LogP contribution >= 0.6 is 31.9 Å². The molecule has 0 aromatic heterocycles. The fourth-order valence-corrected chi connectivity index (χ4v) is 2.80. The van der Waals surface area contributed by atoms with Crippen molar-refractivity contribution in [2.75, 3.05) is 6.61 Å². The van der Waals surface area contributed by atoms with E-state index >= 15 is 0 Å². The first-order valence-electron chi connectivity index (χ1n) is 4.69. The Bertz CT molecular complexity index is 287. The number of ether oxygens (including phenoxy) is 1. The van der Waals surface area contributed by atoms with Crippen LogP contribution < -0.4 is 0 Å². The lowest BCUT2D eigenvalue weighted by molar-refractivity contribution is 0.121. The van der Waals surface area contributed by atoms with Crippen molar-refractivity contribution in [3.8, 4) is 0 Å². The van der Waals surface area contributed by atoms with Crippen LogP contribution in [0, 0.1) is 0 Å². The van der Waals surface area contributed by atoms with Crippen LogP contribution in [0.15, 0.2) is 22.7 Å². The molecular formula is C11H14Br2O. The molecule has 1 rings (SSSR count). The van der Waals surface area contributed by atoms with Gasteiger partial charge in [-0.3, -0.25) is 0 Å². The SMILES string of the molecule is CCCOCc1cccc(Br)c1CBr. The maximum Gasteiger partial charge on any atom is 0.0720 e. The molecule has 0 saturated carbocycles. The Balaban J connectivity index is 2.70. The van der Waals surface area contributed by atoms with Gasteiger partial charge in [0.15, 0.2) is 0 Å². The highest BCUT2D eigenvalue weighted by Gasteiger charge is 2.04. The van der Waals surface area contributed by atoms with Crippen LogP contribution in [0.25, 0.3) is 0 Å². The topological polar surface area (TPSA) is 9.23 Å². The first kappa shape index (κ1) is 12.2. The van der Waals surface area contributed by atoms with Crippen molar-refractivity contribution in [3.63, 3.8) is 0 Å². The molecule has 0 fully saturated rings. The Morgan fingerprint density at radius 1 is 1.36 bits per heavy atom. The summed E-state index contributed by atoms with van der Waals surface area (Å²) < 4.78 is 6.67. The van der Waals surface area contributed by atoms with Crippen molar-refractivity contribution in [3.05, 3.63) is 33.8 Å². The first-order chi connectivity index (χ1) is 6.79. The van der Waals surface area contributed by atoms with Gasteiger partial charge < -0.3 is 4.74 Å². The van der Waals surface area contributed by atoms with E-state index in [4.69, 9.17) is 4.74 Å². The highest BCUT2D eigenvalue weighted by Crippen LogP contribution is 2.23. The van der Waals surface area contributed by atoms with E-state index in [0.717, 1.165) is 22.8 Å². The van der Waals surface area contributed by atoms with Gasteiger partial charge in [-0.2, -0.15) is 0 Å². The van der Waals surface area contributed by atoms with Gasteiger partial charge in [-0.1, -0.05) is 50.9 Å². The van der Waals surface area contributed by atoms with E-state index in [0.29, 0.717) is 6.61 Å². The summed E-state index contributed by atoms with van der Waals surface area (Å²) in [5.74, 6) is 0. The standard InChI is InChI=1S/C11H14Br2O/c1-2-6-14-8-9-4-3-5-11(13)10(9)7-12/h3-5H,2,6-8H2,1H3. The molecule has 3 heteroatoms. The number of alkyl halides is 1. The number of halogens is 2. The Labute approximate surface area is 102 Å². The van der Waals surface area contributed by atoms with Crippen molar-refractivity contribution < 1.29 is 4.74 Å². The van der Waals surface area contributed by atoms with Crippen LogP contribution in [0.4, 0.5) is 0 Å². The Morgan fingerprint density at radius 2 is 2.14 bits per heavy atom. The summed E-state index contributed by atoms with van der Waals surface area (Å²) in [4.78, 5) is 0. The molecule has 0 aliphatic carbocycles. The third kappa shape index (κ3) is 3.37. The van der Waals surface area contributed by atoms with Gasteiger partial charge in [0, 0.05) is 16.4 Å². The van der Waals surface area contributed by atoms with Gasteiger partial charge in [0.25, 0.3) is 0 Å². The molecule has 0 aliphatic heterocycles. The zero-order chi connectivity index (χ0) is 10.4. The van der Waals surface area contributed by atoms with Gasteiger partial charge in [0.1, 0.15) is 0 Å². The Morgan fingerprint density at radius 3 is 2.79 bits per heavy atom. The third-order valence-corrected chi connectivity index (χ3v) is 3.26. The smallest absolute Gasteiger partial charge is 0.0720 e. The molecule has 1 aromatic rings. The van der Waals surface area contributed by atoms with Gasteiger partial charge in [-0.25, -0.2) is 0 Å². The van der Waals surface area contributed by atoms with E-state index in [-0.39, 0.29) is 0 Å². The summed E-state index contributed by atoms with van der Waals surface area (Å²) in [5.41, 5.74) is 2.54. The summed E-state index contributed by atoms with van der Waals surface area (Å²) in [6.07, 6.45) is 1.07. The summed E-state index contributed by atoms with van der Waals surface area (Å²) in [5, 5.41) is 0.860. The average Bonchev–Trinajstić information content (AvgIpc) is 2.18. The maximum atomic E-state index is 5.52. The van der Waals surface area contributed by atoms with Crippen molar-refractivity contribution in [1.29, 1.82) is 0 Å². The van der Waals surface area contributed by atoms with Gasteiger partial charge >= 0.3 is 0 Å². The normalized spacial score (nSPS) is 10.5. The molecule has 0 N–H and O–H groups in total. The molecule has 0 heterocycles. The molecule has 78 valence electrons. The lowest BCUT2D eigenvalue weighted by Crippen LogP contribution is -1.98. The molecule has 0 spiro atoms. The largest absolute Gasteiger partial charge is 0.377 e.